The average Bonchev–Trinajstić information content (AvgIpc) is 3.27. The minimum atomic E-state index is -0.290. The molecule has 5 aromatic rings. The molecule has 204 valence electrons. The summed E-state index contributed by atoms with van der Waals surface area (Å²) in [7, 11) is 1.54. The second kappa shape index (κ2) is 11.6. The molecule has 0 fully saturated rings. The molecule has 2 aromatic heterocycles. The first kappa shape index (κ1) is 28.1. The van der Waals surface area contributed by atoms with Crippen molar-refractivity contribution >= 4 is 68.9 Å². The number of nitrogens with zero attached hydrogens (tertiary/aromatic N) is 3. The quantitative estimate of drug-likeness (QED) is 0.119. The van der Waals surface area contributed by atoms with Crippen LogP contribution in [-0.4, -0.2) is 32.9 Å². The first-order valence-corrected chi connectivity index (χ1v) is 14.8. The van der Waals surface area contributed by atoms with E-state index in [1.165, 1.54) is 15.9 Å². The zero-order valence-electron chi connectivity index (χ0n) is 22.1. The van der Waals surface area contributed by atoms with Crippen LogP contribution in [0.15, 0.2) is 70.6 Å². The number of nitrogens with one attached hydrogen (secondary N) is 1. The Morgan fingerprint density at radius 1 is 1.05 bits per heavy atom. The summed E-state index contributed by atoms with van der Waals surface area (Å²) in [6.07, 6.45) is 0. The van der Waals surface area contributed by atoms with Crippen molar-refractivity contribution in [3.63, 3.8) is 0 Å². The first-order chi connectivity index (χ1) is 19.2. The summed E-state index contributed by atoms with van der Waals surface area (Å²) in [6.45, 7) is 5.96. The van der Waals surface area contributed by atoms with Gasteiger partial charge in [0.1, 0.15) is 10.4 Å². The van der Waals surface area contributed by atoms with Crippen LogP contribution in [0.5, 0.6) is 5.75 Å². The van der Waals surface area contributed by atoms with Crippen molar-refractivity contribution < 1.29 is 9.53 Å². The van der Waals surface area contributed by atoms with Crippen molar-refractivity contribution in [2.75, 3.05) is 18.2 Å². The van der Waals surface area contributed by atoms with Crippen LogP contribution in [0.2, 0.25) is 5.02 Å². The van der Waals surface area contributed by atoms with Gasteiger partial charge in [0.2, 0.25) is 5.91 Å². The molecule has 5 rings (SSSR count). The average molecular weight is 609 g/mol. The highest BCUT2D eigenvalue weighted by Crippen LogP contribution is 2.31. The van der Waals surface area contributed by atoms with Gasteiger partial charge >= 0.3 is 0 Å². The summed E-state index contributed by atoms with van der Waals surface area (Å²) in [6, 6.07) is 18.5. The molecule has 3 aromatic carbocycles. The smallest absolute Gasteiger partial charge is 0.278 e. The molecular formula is C29H25ClN4O3S3. The van der Waals surface area contributed by atoms with Crippen LogP contribution in [0.25, 0.3) is 21.7 Å². The number of rotatable bonds is 7. The van der Waals surface area contributed by atoms with Crippen LogP contribution < -0.4 is 15.6 Å². The monoisotopic (exact) mass is 608 g/mol. The van der Waals surface area contributed by atoms with Crippen LogP contribution in [0.3, 0.4) is 0 Å². The zero-order chi connectivity index (χ0) is 28.6. The number of hydrogen-bond donors (Lipinski definition) is 1. The van der Waals surface area contributed by atoms with Crippen molar-refractivity contribution in [1.29, 1.82) is 0 Å². The molecule has 1 amide bonds. The Labute approximate surface area is 249 Å². The van der Waals surface area contributed by atoms with Crippen LogP contribution in [0, 0.1) is 24.7 Å². The Morgan fingerprint density at radius 2 is 1.80 bits per heavy atom. The summed E-state index contributed by atoms with van der Waals surface area (Å²) in [4.78, 5) is 31.9. The number of benzene rings is 3. The number of anilines is 1. The molecule has 1 N–H and O–H groups in total. The summed E-state index contributed by atoms with van der Waals surface area (Å²) in [5, 5.41) is 3.77. The molecule has 40 heavy (non-hydrogen) atoms. The highest BCUT2D eigenvalue weighted by atomic mass is 35.5. The molecule has 0 saturated heterocycles. The number of aryl methyl sites for hydroxylation is 3. The number of carbonyl (C=O) groups is 1. The van der Waals surface area contributed by atoms with E-state index in [9.17, 15) is 9.59 Å². The number of thiazole rings is 1. The number of para-hydroxylation sites is 2. The lowest BCUT2D eigenvalue weighted by Gasteiger charge is -2.15. The van der Waals surface area contributed by atoms with Crippen molar-refractivity contribution in [2.45, 2.75) is 25.9 Å². The Hall–Kier alpha value is -3.44. The van der Waals surface area contributed by atoms with E-state index < -0.39 is 0 Å². The summed E-state index contributed by atoms with van der Waals surface area (Å²) >= 11 is 14.3. The Kier molecular flexibility index (Phi) is 8.14. The summed E-state index contributed by atoms with van der Waals surface area (Å²) < 4.78 is 9.78. The number of ether oxygens (including phenoxy) is 1. The van der Waals surface area contributed by atoms with E-state index in [0.717, 1.165) is 34.1 Å². The van der Waals surface area contributed by atoms with E-state index in [1.54, 1.807) is 31.4 Å². The molecule has 0 atom stereocenters. The third kappa shape index (κ3) is 5.44. The molecule has 0 aliphatic heterocycles. The van der Waals surface area contributed by atoms with Crippen molar-refractivity contribution in [2.24, 2.45) is 0 Å². The van der Waals surface area contributed by atoms with Gasteiger partial charge in [-0.05, 0) is 86.1 Å². The third-order valence-electron chi connectivity index (χ3n) is 6.44. The molecule has 0 spiro atoms. The van der Waals surface area contributed by atoms with Gasteiger partial charge in [-0.25, -0.2) is 4.98 Å². The number of thioether (sulfide) groups is 1. The maximum Gasteiger partial charge on any atom is 0.278 e. The van der Waals surface area contributed by atoms with Crippen LogP contribution in [-0.2, 0) is 4.79 Å². The fraction of sp³-hybridized carbons (Fsp3) is 0.172. The van der Waals surface area contributed by atoms with Gasteiger partial charge in [-0.15, -0.1) is 0 Å². The maximum atomic E-state index is 14.0. The lowest BCUT2D eigenvalue weighted by molar-refractivity contribution is -0.113. The maximum absolute atomic E-state index is 14.0. The molecule has 7 nitrogen and oxygen atoms in total. The Balaban J connectivity index is 1.62. The SMILES string of the molecule is COc1ccccc1-n1c(SCC(=O)Nc2ccc(C)c(Cl)c2)nc2c(sc(=S)n2-c2ccc(C)c(C)c2)c1=O. The molecule has 0 saturated carbocycles. The first-order valence-electron chi connectivity index (χ1n) is 12.3. The topological polar surface area (TPSA) is 78.2 Å². The summed E-state index contributed by atoms with van der Waals surface area (Å²) in [5.41, 5.74) is 5.26. The number of methoxy groups -OCH3 is 1. The molecule has 0 radical (unpaired) electrons. The minimum absolute atomic E-state index is 0.00704. The standard InChI is InChI=1S/C29H25ClN4O3S3/c1-16-10-12-20(13-18(16)3)33-26-25(40-29(33)38)27(36)34(22-7-5-6-8-23(22)37-4)28(32-26)39-15-24(35)31-19-11-9-17(2)21(30)14-19/h5-14H,15H2,1-4H3,(H,31,35). The van der Waals surface area contributed by atoms with Gasteiger partial charge in [-0.2, -0.15) is 0 Å². The van der Waals surface area contributed by atoms with Gasteiger partial charge in [0.15, 0.2) is 14.8 Å². The van der Waals surface area contributed by atoms with Crippen LogP contribution in [0.4, 0.5) is 5.69 Å². The van der Waals surface area contributed by atoms with Crippen LogP contribution in [0.1, 0.15) is 16.7 Å². The van der Waals surface area contributed by atoms with Crippen LogP contribution >= 0.6 is 46.9 Å². The molecule has 11 heteroatoms. The number of amides is 1. The van der Waals surface area contributed by atoms with E-state index in [1.807, 2.05) is 61.7 Å². The number of halogens is 1. The highest BCUT2D eigenvalue weighted by molar-refractivity contribution is 7.99. The van der Waals surface area contributed by atoms with E-state index in [4.69, 9.17) is 33.5 Å². The lowest BCUT2D eigenvalue weighted by Crippen LogP contribution is -2.23. The number of aromatic nitrogens is 3. The zero-order valence-corrected chi connectivity index (χ0v) is 25.4. The lowest BCUT2D eigenvalue weighted by atomic mass is 10.1. The normalized spacial score (nSPS) is 11.1. The largest absolute Gasteiger partial charge is 0.495 e. The van der Waals surface area contributed by atoms with Gasteiger partial charge < -0.3 is 10.1 Å². The number of fused-ring (bicyclic) bond motifs is 1. The Morgan fingerprint density at radius 3 is 2.52 bits per heavy atom. The van der Waals surface area contributed by atoms with E-state index in [-0.39, 0.29) is 17.2 Å². The minimum Gasteiger partial charge on any atom is -0.495 e. The van der Waals surface area contributed by atoms with Crippen molar-refractivity contribution in [3.8, 4) is 17.1 Å². The number of carbonyl (C=O) groups excluding carboxylic acids is 1. The van der Waals surface area contributed by atoms with E-state index in [0.29, 0.717) is 41.6 Å². The molecular weight excluding hydrogens is 584 g/mol. The second-order valence-electron chi connectivity index (χ2n) is 9.13. The molecule has 0 unspecified atom stereocenters. The Bertz CT molecular complexity index is 1890. The van der Waals surface area contributed by atoms with E-state index in [2.05, 4.69) is 5.32 Å². The van der Waals surface area contributed by atoms with Crippen molar-refractivity contribution in [3.05, 3.63) is 96.7 Å². The molecule has 2 heterocycles. The molecule has 0 bridgehead atoms. The fourth-order valence-corrected chi connectivity index (χ4v) is 6.43. The molecule has 0 aliphatic rings. The highest BCUT2D eigenvalue weighted by Gasteiger charge is 2.21. The molecule has 0 aliphatic carbocycles. The predicted octanol–water partition coefficient (Wildman–Crippen LogP) is 7.29. The van der Waals surface area contributed by atoms with E-state index >= 15 is 0 Å². The summed E-state index contributed by atoms with van der Waals surface area (Å²) in [5.74, 6) is 0.248. The van der Waals surface area contributed by atoms with Gasteiger partial charge in [0.05, 0.1) is 18.6 Å². The van der Waals surface area contributed by atoms with Gasteiger partial charge in [0, 0.05) is 16.4 Å². The van der Waals surface area contributed by atoms with Gasteiger partial charge in [-0.3, -0.25) is 18.7 Å². The third-order valence-corrected chi connectivity index (χ3v) is 9.14. The fourth-order valence-electron chi connectivity index (χ4n) is 4.15. The predicted molar refractivity (Wildman–Crippen MR) is 167 cm³/mol. The van der Waals surface area contributed by atoms with Gasteiger partial charge in [-0.1, -0.05) is 59.0 Å². The van der Waals surface area contributed by atoms with Crippen molar-refractivity contribution in [1.82, 2.24) is 14.1 Å². The second-order valence-corrected chi connectivity index (χ2v) is 12.1. The number of hydrogen-bond acceptors (Lipinski definition) is 7. The van der Waals surface area contributed by atoms with Gasteiger partial charge in [0.25, 0.3) is 5.56 Å².